The average Bonchev–Trinajstić information content (AvgIpc) is 3.32. The minimum absolute atomic E-state index is 0.432. The van der Waals surface area contributed by atoms with Gasteiger partial charge in [-0.25, -0.2) is 18.6 Å². The Morgan fingerprint density at radius 1 is 1.32 bits per heavy atom. The highest BCUT2D eigenvalue weighted by atomic mass is 32.1. The molecule has 1 saturated heterocycles. The number of thiazole rings is 1. The number of halogens is 2. The van der Waals surface area contributed by atoms with Crippen LogP contribution in [0.25, 0.3) is 11.6 Å². The number of amides is 1. The van der Waals surface area contributed by atoms with Crippen molar-refractivity contribution in [3.05, 3.63) is 39.6 Å². The molecule has 9 heteroatoms. The molecule has 0 aromatic carbocycles. The SMILES string of the molecule is Cc1nc(C2=Cc3c(N4CCN(C(=O)OCC(F)F)CC4)ccnc3C2)cs1. The van der Waals surface area contributed by atoms with Crippen LogP contribution in [0.1, 0.15) is 22.0 Å². The quantitative estimate of drug-likeness (QED) is 0.778. The van der Waals surface area contributed by atoms with Crippen LogP contribution in [0.15, 0.2) is 17.6 Å². The molecule has 148 valence electrons. The van der Waals surface area contributed by atoms with E-state index in [1.807, 2.05) is 13.0 Å². The van der Waals surface area contributed by atoms with Crippen LogP contribution in [-0.2, 0) is 11.2 Å². The van der Waals surface area contributed by atoms with E-state index >= 15 is 0 Å². The van der Waals surface area contributed by atoms with Crippen LogP contribution in [0.5, 0.6) is 0 Å². The Kier molecular flexibility index (Phi) is 5.25. The van der Waals surface area contributed by atoms with Crippen molar-refractivity contribution >= 4 is 34.8 Å². The maximum absolute atomic E-state index is 12.2. The zero-order valence-corrected chi connectivity index (χ0v) is 16.2. The Bertz CT molecular complexity index is 907. The number of carbonyl (C=O) groups is 1. The monoisotopic (exact) mass is 406 g/mol. The van der Waals surface area contributed by atoms with Crippen LogP contribution in [0.4, 0.5) is 19.3 Å². The molecule has 2 aromatic rings. The number of aromatic nitrogens is 2. The molecule has 28 heavy (non-hydrogen) atoms. The van der Waals surface area contributed by atoms with Crippen molar-refractivity contribution in [1.82, 2.24) is 14.9 Å². The van der Waals surface area contributed by atoms with Gasteiger partial charge in [-0.3, -0.25) is 4.98 Å². The summed E-state index contributed by atoms with van der Waals surface area (Å²) in [5.41, 5.74) is 5.35. The molecule has 0 bridgehead atoms. The molecule has 2 aromatic heterocycles. The predicted molar refractivity (Wildman–Crippen MR) is 104 cm³/mol. The summed E-state index contributed by atoms with van der Waals surface area (Å²) in [6.45, 7) is 3.22. The molecule has 4 rings (SSSR count). The maximum Gasteiger partial charge on any atom is 0.410 e. The number of pyridine rings is 1. The Morgan fingerprint density at radius 3 is 2.79 bits per heavy atom. The number of ether oxygens (including phenoxy) is 1. The minimum atomic E-state index is -2.65. The topological polar surface area (TPSA) is 58.6 Å². The number of hydrogen-bond donors (Lipinski definition) is 0. The first-order chi connectivity index (χ1) is 13.5. The summed E-state index contributed by atoms with van der Waals surface area (Å²) >= 11 is 1.63. The number of fused-ring (bicyclic) bond motifs is 1. The summed E-state index contributed by atoms with van der Waals surface area (Å²) < 4.78 is 29.0. The number of allylic oxidation sites excluding steroid dienone is 1. The van der Waals surface area contributed by atoms with Gasteiger partial charge in [-0.15, -0.1) is 11.3 Å². The highest BCUT2D eigenvalue weighted by molar-refractivity contribution is 7.09. The van der Waals surface area contributed by atoms with Gasteiger partial charge in [-0.1, -0.05) is 0 Å². The summed E-state index contributed by atoms with van der Waals surface area (Å²) in [6.07, 6.45) is 1.38. The first kappa shape index (κ1) is 18.8. The molecule has 0 radical (unpaired) electrons. The molecule has 0 spiro atoms. The summed E-state index contributed by atoms with van der Waals surface area (Å²) in [4.78, 5) is 24.6. The van der Waals surface area contributed by atoms with Crippen molar-refractivity contribution in [2.24, 2.45) is 0 Å². The Hall–Kier alpha value is -2.55. The third-order valence-corrected chi connectivity index (χ3v) is 5.66. The van der Waals surface area contributed by atoms with Gasteiger partial charge < -0.3 is 14.5 Å². The maximum atomic E-state index is 12.2. The highest BCUT2D eigenvalue weighted by Crippen LogP contribution is 2.36. The largest absolute Gasteiger partial charge is 0.443 e. The van der Waals surface area contributed by atoms with Gasteiger partial charge in [0.2, 0.25) is 0 Å². The fourth-order valence-corrected chi connectivity index (χ4v) is 4.15. The zero-order chi connectivity index (χ0) is 19.7. The molecular formula is C19H20F2N4O2S. The summed E-state index contributed by atoms with van der Waals surface area (Å²) in [5.74, 6) is 0. The van der Waals surface area contributed by atoms with Crippen LogP contribution < -0.4 is 4.90 Å². The summed E-state index contributed by atoms with van der Waals surface area (Å²) in [5, 5.41) is 3.10. The lowest BCUT2D eigenvalue weighted by Crippen LogP contribution is -2.49. The lowest BCUT2D eigenvalue weighted by atomic mass is 10.1. The van der Waals surface area contributed by atoms with Crippen LogP contribution in [0, 0.1) is 6.92 Å². The van der Waals surface area contributed by atoms with Crippen molar-refractivity contribution in [3.63, 3.8) is 0 Å². The highest BCUT2D eigenvalue weighted by Gasteiger charge is 2.27. The van der Waals surface area contributed by atoms with Gasteiger partial charge in [-0.2, -0.15) is 0 Å². The van der Waals surface area contributed by atoms with E-state index < -0.39 is 19.1 Å². The molecule has 3 heterocycles. The number of hydrogen-bond acceptors (Lipinski definition) is 6. The van der Waals surface area contributed by atoms with E-state index in [2.05, 4.69) is 31.1 Å². The van der Waals surface area contributed by atoms with Crippen molar-refractivity contribution in [2.75, 3.05) is 37.7 Å². The number of alkyl halides is 2. The number of piperazine rings is 1. The van der Waals surface area contributed by atoms with Gasteiger partial charge in [0.25, 0.3) is 6.43 Å². The molecule has 6 nitrogen and oxygen atoms in total. The van der Waals surface area contributed by atoms with Gasteiger partial charge >= 0.3 is 6.09 Å². The Morgan fingerprint density at radius 2 is 2.11 bits per heavy atom. The van der Waals surface area contributed by atoms with Crippen molar-refractivity contribution in [3.8, 4) is 0 Å². The standard InChI is InChI=1S/C19H20F2N4O2S/c1-12-23-16(11-28-12)13-8-14-15(9-13)22-3-2-17(14)24-4-6-25(7-5-24)19(26)27-10-18(20)21/h2-3,8,11,18H,4-7,9-10H2,1H3. The van der Waals surface area contributed by atoms with Crippen molar-refractivity contribution < 1.29 is 18.3 Å². The molecule has 1 aliphatic carbocycles. The first-order valence-electron chi connectivity index (χ1n) is 9.07. The number of rotatable bonds is 4. The lowest BCUT2D eigenvalue weighted by Gasteiger charge is -2.36. The first-order valence-corrected chi connectivity index (χ1v) is 9.95. The molecule has 0 unspecified atom stereocenters. The Labute approximate surface area is 165 Å². The van der Waals surface area contributed by atoms with Gasteiger partial charge in [0.15, 0.2) is 6.61 Å². The van der Waals surface area contributed by atoms with Crippen molar-refractivity contribution in [2.45, 2.75) is 19.8 Å². The third kappa shape index (κ3) is 3.84. The molecule has 0 N–H and O–H groups in total. The second-order valence-electron chi connectivity index (χ2n) is 6.73. The Balaban J connectivity index is 1.45. The van der Waals surface area contributed by atoms with Crippen LogP contribution in [0.3, 0.4) is 0 Å². The number of carbonyl (C=O) groups excluding carboxylic acids is 1. The normalized spacial score (nSPS) is 16.4. The number of aryl methyl sites for hydroxylation is 1. The van der Waals surface area contributed by atoms with E-state index in [0.717, 1.165) is 39.6 Å². The molecule has 1 amide bonds. The fourth-order valence-electron chi connectivity index (χ4n) is 3.52. The third-order valence-electron chi connectivity index (χ3n) is 4.89. The van der Waals surface area contributed by atoms with Gasteiger partial charge in [0, 0.05) is 55.4 Å². The smallest absolute Gasteiger partial charge is 0.410 e. The molecular weight excluding hydrogens is 386 g/mol. The second kappa shape index (κ2) is 7.83. The second-order valence-corrected chi connectivity index (χ2v) is 7.79. The predicted octanol–water partition coefficient (Wildman–Crippen LogP) is 3.47. The fraction of sp³-hybridized carbons (Fsp3) is 0.421. The molecule has 1 fully saturated rings. The van der Waals surface area contributed by atoms with Crippen LogP contribution >= 0.6 is 11.3 Å². The van der Waals surface area contributed by atoms with E-state index in [0.29, 0.717) is 26.2 Å². The van der Waals surface area contributed by atoms with Crippen molar-refractivity contribution in [1.29, 1.82) is 0 Å². The zero-order valence-electron chi connectivity index (χ0n) is 15.4. The summed E-state index contributed by atoms with van der Waals surface area (Å²) in [7, 11) is 0. The van der Waals surface area contributed by atoms with Gasteiger partial charge in [0.05, 0.1) is 16.4 Å². The molecule has 0 atom stereocenters. The lowest BCUT2D eigenvalue weighted by molar-refractivity contribution is 0.0311. The van der Waals surface area contributed by atoms with E-state index in [4.69, 9.17) is 0 Å². The average molecular weight is 406 g/mol. The van der Waals surface area contributed by atoms with E-state index in [1.165, 1.54) is 4.90 Å². The van der Waals surface area contributed by atoms with Gasteiger partial charge in [-0.05, 0) is 24.6 Å². The number of anilines is 1. The molecule has 0 saturated carbocycles. The number of nitrogens with zero attached hydrogens (tertiary/aromatic N) is 4. The van der Waals surface area contributed by atoms with E-state index in [-0.39, 0.29) is 0 Å². The summed E-state index contributed by atoms with van der Waals surface area (Å²) in [6, 6.07) is 1.98. The van der Waals surface area contributed by atoms with Gasteiger partial charge in [0.1, 0.15) is 0 Å². The van der Waals surface area contributed by atoms with Crippen LogP contribution in [0.2, 0.25) is 0 Å². The molecule has 2 aliphatic rings. The van der Waals surface area contributed by atoms with E-state index in [9.17, 15) is 13.6 Å². The van der Waals surface area contributed by atoms with E-state index in [1.54, 1.807) is 17.5 Å². The molecule has 1 aliphatic heterocycles. The van der Waals surface area contributed by atoms with Crippen LogP contribution in [-0.4, -0.2) is 60.2 Å². The minimum Gasteiger partial charge on any atom is -0.443 e.